The van der Waals surface area contributed by atoms with E-state index in [2.05, 4.69) is 38.2 Å². The molecule has 0 spiro atoms. The Hall–Kier alpha value is -0.380. The van der Waals surface area contributed by atoms with Crippen LogP contribution in [0.4, 0.5) is 0 Å². The number of likely N-dealkylation sites (N-methyl/N-ethyl adjacent to an activating group) is 1. The zero-order valence-corrected chi connectivity index (χ0v) is 10.1. The molecule has 3 heteroatoms. The van der Waals surface area contributed by atoms with Crippen molar-refractivity contribution in [3.05, 3.63) is 21.9 Å². The molecular weight excluding hydrogens is 194 g/mol. The summed E-state index contributed by atoms with van der Waals surface area (Å²) in [4.78, 5) is 2.71. The lowest BCUT2D eigenvalue weighted by molar-refractivity contribution is 0.0847. The van der Waals surface area contributed by atoms with Gasteiger partial charge in [0, 0.05) is 16.9 Å². The molecule has 1 N–H and O–H groups in total. The van der Waals surface area contributed by atoms with Crippen molar-refractivity contribution in [1.82, 2.24) is 5.32 Å². The van der Waals surface area contributed by atoms with E-state index >= 15 is 0 Å². The number of nitrogens with one attached hydrogen (secondary N) is 1. The minimum absolute atomic E-state index is 0.216. The summed E-state index contributed by atoms with van der Waals surface area (Å²) in [5, 5.41) is 3.45. The molecule has 2 nitrogen and oxygen atoms in total. The molecule has 0 aliphatic rings. The molecule has 1 heterocycles. The summed E-state index contributed by atoms with van der Waals surface area (Å²) in [6.07, 6.45) is 0.216. The van der Waals surface area contributed by atoms with Crippen LogP contribution in [0.25, 0.3) is 0 Å². The number of aryl methyl sites for hydroxylation is 1. The van der Waals surface area contributed by atoms with Crippen molar-refractivity contribution in [3.63, 3.8) is 0 Å². The average molecular weight is 213 g/mol. The highest BCUT2D eigenvalue weighted by molar-refractivity contribution is 7.12. The van der Waals surface area contributed by atoms with Crippen molar-refractivity contribution in [2.24, 2.45) is 0 Å². The number of methoxy groups -OCH3 is 1. The van der Waals surface area contributed by atoms with E-state index in [4.69, 9.17) is 4.74 Å². The van der Waals surface area contributed by atoms with Crippen LogP contribution >= 0.6 is 11.3 Å². The lowest BCUT2D eigenvalue weighted by Crippen LogP contribution is -2.30. The van der Waals surface area contributed by atoms with E-state index in [1.165, 1.54) is 9.75 Å². The Morgan fingerprint density at radius 1 is 1.50 bits per heavy atom. The second-order valence-corrected chi connectivity index (χ2v) is 4.74. The van der Waals surface area contributed by atoms with Crippen molar-refractivity contribution < 1.29 is 4.74 Å². The van der Waals surface area contributed by atoms with Crippen molar-refractivity contribution in [1.29, 1.82) is 0 Å². The van der Waals surface area contributed by atoms with Gasteiger partial charge in [0.15, 0.2) is 0 Å². The standard InChI is InChI=1S/C11H19NOS/c1-5-12-11(9(3)13-4)10-7-6-8(2)14-10/h6-7,9,11-12H,5H2,1-4H3. The van der Waals surface area contributed by atoms with Gasteiger partial charge in [0.1, 0.15) is 0 Å². The quantitative estimate of drug-likeness (QED) is 0.812. The van der Waals surface area contributed by atoms with E-state index in [-0.39, 0.29) is 6.10 Å². The summed E-state index contributed by atoms with van der Waals surface area (Å²) >= 11 is 1.84. The first-order chi connectivity index (χ1) is 6.69. The maximum atomic E-state index is 5.37. The van der Waals surface area contributed by atoms with Crippen molar-refractivity contribution in [3.8, 4) is 0 Å². The number of thiophene rings is 1. The SMILES string of the molecule is CCNC(c1ccc(C)s1)C(C)OC. The van der Waals surface area contributed by atoms with Gasteiger partial charge in [-0.3, -0.25) is 0 Å². The zero-order chi connectivity index (χ0) is 10.6. The number of hydrogen-bond acceptors (Lipinski definition) is 3. The molecule has 1 rings (SSSR count). The Bertz CT molecular complexity index is 272. The predicted molar refractivity (Wildman–Crippen MR) is 61.9 cm³/mol. The Morgan fingerprint density at radius 3 is 2.64 bits per heavy atom. The predicted octanol–water partition coefficient (Wildman–Crippen LogP) is 2.74. The largest absolute Gasteiger partial charge is 0.380 e. The molecule has 1 aromatic heterocycles. The molecular formula is C11H19NOS. The van der Waals surface area contributed by atoms with Crippen LogP contribution in [-0.2, 0) is 4.74 Å². The molecule has 14 heavy (non-hydrogen) atoms. The Kier molecular flexibility index (Phi) is 4.58. The smallest absolute Gasteiger partial charge is 0.0745 e. The van der Waals surface area contributed by atoms with Crippen LogP contribution < -0.4 is 5.32 Å². The van der Waals surface area contributed by atoms with Gasteiger partial charge in [0.2, 0.25) is 0 Å². The van der Waals surface area contributed by atoms with Gasteiger partial charge < -0.3 is 10.1 Å². The first-order valence-corrected chi connectivity index (χ1v) is 5.83. The van der Waals surface area contributed by atoms with Crippen LogP contribution in [0.15, 0.2) is 12.1 Å². The Balaban J connectivity index is 2.76. The van der Waals surface area contributed by atoms with Gasteiger partial charge in [0.05, 0.1) is 12.1 Å². The maximum Gasteiger partial charge on any atom is 0.0745 e. The third-order valence-corrected chi connectivity index (χ3v) is 3.42. The maximum absolute atomic E-state index is 5.37. The minimum Gasteiger partial charge on any atom is -0.380 e. The third kappa shape index (κ3) is 2.80. The number of hydrogen-bond donors (Lipinski definition) is 1. The van der Waals surface area contributed by atoms with Gasteiger partial charge >= 0.3 is 0 Å². The van der Waals surface area contributed by atoms with Crippen LogP contribution in [-0.4, -0.2) is 19.8 Å². The zero-order valence-electron chi connectivity index (χ0n) is 9.33. The highest BCUT2D eigenvalue weighted by Crippen LogP contribution is 2.26. The van der Waals surface area contributed by atoms with Crippen molar-refractivity contribution in [2.45, 2.75) is 32.9 Å². The second-order valence-electron chi connectivity index (χ2n) is 3.42. The first kappa shape index (κ1) is 11.7. The fraction of sp³-hybridized carbons (Fsp3) is 0.636. The van der Waals surface area contributed by atoms with Gasteiger partial charge in [-0.15, -0.1) is 11.3 Å². The molecule has 1 aromatic rings. The Labute approximate surface area is 90.3 Å². The van der Waals surface area contributed by atoms with E-state index in [0.29, 0.717) is 6.04 Å². The molecule has 80 valence electrons. The lowest BCUT2D eigenvalue weighted by atomic mass is 10.1. The van der Waals surface area contributed by atoms with Gasteiger partial charge in [-0.1, -0.05) is 6.92 Å². The summed E-state index contributed by atoms with van der Waals surface area (Å²) in [5.41, 5.74) is 0. The highest BCUT2D eigenvalue weighted by atomic mass is 32.1. The average Bonchev–Trinajstić information content (AvgIpc) is 2.60. The molecule has 0 radical (unpaired) electrons. The molecule has 0 aliphatic carbocycles. The van der Waals surface area contributed by atoms with Gasteiger partial charge in [-0.2, -0.15) is 0 Å². The highest BCUT2D eigenvalue weighted by Gasteiger charge is 2.18. The number of ether oxygens (including phenoxy) is 1. The van der Waals surface area contributed by atoms with Crippen LogP contribution in [0, 0.1) is 6.92 Å². The lowest BCUT2D eigenvalue weighted by Gasteiger charge is -2.22. The molecule has 0 fully saturated rings. The summed E-state index contributed by atoms with van der Waals surface area (Å²) in [6.45, 7) is 7.32. The third-order valence-electron chi connectivity index (χ3n) is 2.33. The van der Waals surface area contributed by atoms with Crippen LogP contribution in [0.1, 0.15) is 29.6 Å². The summed E-state index contributed by atoms with van der Waals surface area (Å²) < 4.78 is 5.37. The summed E-state index contributed by atoms with van der Waals surface area (Å²) in [6, 6.07) is 4.67. The normalized spacial score (nSPS) is 15.4. The molecule has 2 unspecified atom stereocenters. The monoisotopic (exact) mass is 213 g/mol. The second kappa shape index (κ2) is 5.49. The van der Waals surface area contributed by atoms with Gasteiger partial charge in [0.25, 0.3) is 0 Å². The van der Waals surface area contributed by atoms with Crippen LogP contribution in [0.3, 0.4) is 0 Å². The van der Waals surface area contributed by atoms with Gasteiger partial charge in [-0.05, 0) is 32.5 Å². The fourth-order valence-electron chi connectivity index (χ4n) is 1.47. The topological polar surface area (TPSA) is 21.3 Å². The van der Waals surface area contributed by atoms with E-state index in [1.807, 2.05) is 11.3 Å². The molecule has 0 bridgehead atoms. The van der Waals surface area contributed by atoms with Crippen LogP contribution in [0.2, 0.25) is 0 Å². The molecule has 0 aromatic carbocycles. The van der Waals surface area contributed by atoms with Crippen LogP contribution in [0.5, 0.6) is 0 Å². The first-order valence-electron chi connectivity index (χ1n) is 5.01. The molecule has 0 saturated carbocycles. The molecule has 0 aliphatic heterocycles. The minimum atomic E-state index is 0.216. The fourth-order valence-corrected chi connectivity index (χ4v) is 2.52. The van der Waals surface area contributed by atoms with E-state index in [1.54, 1.807) is 7.11 Å². The molecule has 2 atom stereocenters. The van der Waals surface area contributed by atoms with Crippen molar-refractivity contribution >= 4 is 11.3 Å². The molecule has 0 saturated heterocycles. The Morgan fingerprint density at radius 2 is 2.21 bits per heavy atom. The van der Waals surface area contributed by atoms with E-state index in [0.717, 1.165) is 6.54 Å². The summed E-state index contributed by atoms with van der Waals surface area (Å²) in [7, 11) is 1.76. The van der Waals surface area contributed by atoms with E-state index in [9.17, 15) is 0 Å². The van der Waals surface area contributed by atoms with Crippen molar-refractivity contribution in [2.75, 3.05) is 13.7 Å². The number of rotatable bonds is 5. The van der Waals surface area contributed by atoms with E-state index < -0.39 is 0 Å². The van der Waals surface area contributed by atoms with Gasteiger partial charge in [-0.25, -0.2) is 0 Å². The summed E-state index contributed by atoms with van der Waals surface area (Å²) in [5.74, 6) is 0. The molecule has 0 amide bonds.